The Labute approximate surface area is 117 Å². The van der Waals surface area contributed by atoms with E-state index >= 15 is 0 Å². The van der Waals surface area contributed by atoms with E-state index in [1.54, 1.807) is 18.5 Å². The minimum absolute atomic E-state index is 0.245. The van der Waals surface area contributed by atoms with Gasteiger partial charge in [0.1, 0.15) is 0 Å². The summed E-state index contributed by atoms with van der Waals surface area (Å²) in [6, 6.07) is 9.78. The Morgan fingerprint density at radius 3 is 2.80 bits per heavy atom. The number of carbonyl (C=O) groups is 1. The number of hydrogen-bond acceptors (Lipinski definition) is 4. The van der Waals surface area contributed by atoms with Crippen LogP contribution in [0.1, 0.15) is 18.4 Å². The third-order valence-electron chi connectivity index (χ3n) is 3.29. The first-order chi connectivity index (χ1) is 9.81. The van der Waals surface area contributed by atoms with Gasteiger partial charge in [-0.05, 0) is 30.2 Å². The smallest absolute Gasteiger partial charge is 0.227 e. The minimum atomic E-state index is 0.245. The number of anilines is 2. The lowest BCUT2D eigenvalue weighted by Crippen LogP contribution is -2.23. The molecule has 0 spiro atoms. The summed E-state index contributed by atoms with van der Waals surface area (Å²) in [5.74, 6) is 0.816. The van der Waals surface area contributed by atoms with E-state index in [4.69, 9.17) is 0 Å². The zero-order chi connectivity index (χ0) is 13.8. The Morgan fingerprint density at radius 2 is 2.05 bits per heavy atom. The maximum atomic E-state index is 11.6. The number of hydrogen-bond donors (Lipinski definition) is 1. The monoisotopic (exact) mass is 268 g/mol. The van der Waals surface area contributed by atoms with Crippen LogP contribution in [0, 0.1) is 0 Å². The van der Waals surface area contributed by atoms with Crippen LogP contribution in [0.2, 0.25) is 0 Å². The molecule has 1 aliphatic heterocycles. The Bertz CT molecular complexity index is 600. The molecular weight excluding hydrogens is 252 g/mol. The van der Waals surface area contributed by atoms with E-state index in [2.05, 4.69) is 15.3 Å². The topological polar surface area (TPSA) is 58.1 Å². The van der Waals surface area contributed by atoms with E-state index in [1.807, 2.05) is 29.2 Å². The Kier molecular flexibility index (Phi) is 3.58. The fraction of sp³-hybridized carbons (Fsp3) is 0.267. The standard InChI is InChI=1S/C15H16N4O/c20-14-6-2-9-19(14)11-12-4-1-5-13(10-12)18-15-16-7-3-8-17-15/h1,3-5,7-8,10H,2,6,9,11H2,(H,16,17,18). The van der Waals surface area contributed by atoms with Crippen LogP contribution < -0.4 is 5.32 Å². The predicted octanol–water partition coefficient (Wildman–Crippen LogP) is 2.34. The summed E-state index contributed by atoms with van der Waals surface area (Å²) in [5, 5.41) is 3.15. The molecule has 0 atom stereocenters. The van der Waals surface area contributed by atoms with Gasteiger partial charge in [-0.1, -0.05) is 12.1 Å². The summed E-state index contributed by atoms with van der Waals surface area (Å²) in [7, 11) is 0. The zero-order valence-electron chi connectivity index (χ0n) is 11.1. The van der Waals surface area contributed by atoms with Crippen molar-refractivity contribution in [3.05, 3.63) is 48.3 Å². The van der Waals surface area contributed by atoms with Crippen LogP contribution in [0.5, 0.6) is 0 Å². The van der Waals surface area contributed by atoms with Crippen molar-refractivity contribution in [2.24, 2.45) is 0 Å². The second-order valence-corrected chi connectivity index (χ2v) is 4.82. The van der Waals surface area contributed by atoms with E-state index in [9.17, 15) is 4.79 Å². The van der Waals surface area contributed by atoms with E-state index in [0.29, 0.717) is 18.9 Å². The molecule has 1 aromatic heterocycles. The molecule has 0 unspecified atom stereocenters. The van der Waals surface area contributed by atoms with Gasteiger partial charge in [-0.25, -0.2) is 9.97 Å². The van der Waals surface area contributed by atoms with Crippen LogP contribution >= 0.6 is 0 Å². The Balaban J connectivity index is 1.71. The minimum Gasteiger partial charge on any atom is -0.338 e. The van der Waals surface area contributed by atoms with Gasteiger partial charge in [0, 0.05) is 37.6 Å². The van der Waals surface area contributed by atoms with E-state index in [0.717, 1.165) is 24.2 Å². The summed E-state index contributed by atoms with van der Waals surface area (Å²) >= 11 is 0. The molecule has 20 heavy (non-hydrogen) atoms. The van der Waals surface area contributed by atoms with E-state index in [1.165, 1.54) is 0 Å². The van der Waals surface area contributed by atoms with Gasteiger partial charge < -0.3 is 10.2 Å². The Hall–Kier alpha value is -2.43. The molecule has 1 fully saturated rings. The van der Waals surface area contributed by atoms with Crippen LogP contribution in [0.3, 0.4) is 0 Å². The van der Waals surface area contributed by atoms with Crippen molar-refractivity contribution in [3.63, 3.8) is 0 Å². The quantitative estimate of drug-likeness (QED) is 0.924. The highest BCUT2D eigenvalue weighted by Gasteiger charge is 2.19. The van der Waals surface area contributed by atoms with Gasteiger partial charge in [0.15, 0.2) is 0 Å². The lowest BCUT2D eigenvalue weighted by Gasteiger charge is -2.16. The Morgan fingerprint density at radius 1 is 1.20 bits per heavy atom. The second-order valence-electron chi connectivity index (χ2n) is 4.82. The van der Waals surface area contributed by atoms with Crippen molar-refractivity contribution in [3.8, 4) is 0 Å². The number of nitrogens with one attached hydrogen (secondary N) is 1. The van der Waals surface area contributed by atoms with Crippen molar-refractivity contribution in [1.82, 2.24) is 14.9 Å². The van der Waals surface area contributed by atoms with Crippen LogP contribution in [0.15, 0.2) is 42.7 Å². The van der Waals surface area contributed by atoms with Gasteiger partial charge in [-0.15, -0.1) is 0 Å². The molecular formula is C15H16N4O. The zero-order valence-corrected chi connectivity index (χ0v) is 11.1. The molecule has 5 heteroatoms. The number of benzene rings is 1. The van der Waals surface area contributed by atoms with Crippen LogP contribution in [0.25, 0.3) is 0 Å². The normalized spacial score (nSPS) is 14.6. The number of amides is 1. The summed E-state index contributed by atoms with van der Waals surface area (Å²) in [6.45, 7) is 1.53. The van der Waals surface area contributed by atoms with Gasteiger partial charge in [-0.2, -0.15) is 0 Å². The highest BCUT2D eigenvalue weighted by molar-refractivity contribution is 5.78. The van der Waals surface area contributed by atoms with E-state index in [-0.39, 0.29) is 5.91 Å². The fourth-order valence-corrected chi connectivity index (χ4v) is 2.33. The van der Waals surface area contributed by atoms with Crippen molar-refractivity contribution >= 4 is 17.5 Å². The average Bonchev–Trinajstić information content (AvgIpc) is 2.86. The number of rotatable bonds is 4. The van der Waals surface area contributed by atoms with Crippen molar-refractivity contribution in [1.29, 1.82) is 0 Å². The first-order valence-electron chi connectivity index (χ1n) is 6.72. The highest BCUT2D eigenvalue weighted by atomic mass is 16.2. The lowest BCUT2D eigenvalue weighted by molar-refractivity contribution is -0.128. The summed E-state index contributed by atoms with van der Waals surface area (Å²) in [6.07, 6.45) is 5.04. The third kappa shape index (κ3) is 2.93. The first kappa shape index (κ1) is 12.6. The number of aromatic nitrogens is 2. The van der Waals surface area contributed by atoms with Gasteiger partial charge >= 0.3 is 0 Å². The van der Waals surface area contributed by atoms with Gasteiger partial charge in [0.05, 0.1) is 0 Å². The molecule has 1 N–H and O–H groups in total. The average molecular weight is 268 g/mol. The van der Waals surface area contributed by atoms with E-state index < -0.39 is 0 Å². The fourth-order valence-electron chi connectivity index (χ4n) is 2.33. The van der Waals surface area contributed by atoms with Gasteiger partial charge in [0.2, 0.25) is 11.9 Å². The first-order valence-corrected chi connectivity index (χ1v) is 6.72. The maximum absolute atomic E-state index is 11.6. The third-order valence-corrected chi connectivity index (χ3v) is 3.29. The summed E-state index contributed by atoms with van der Waals surface area (Å²) in [4.78, 5) is 21.8. The molecule has 3 rings (SSSR count). The summed E-state index contributed by atoms with van der Waals surface area (Å²) in [5.41, 5.74) is 2.04. The highest BCUT2D eigenvalue weighted by Crippen LogP contribution is 2.18. The van der Waals surface area contributed by atoms with Crippen LogP contribution in [-0.4, -0.2) is 27.3 Å². The van der Waals surface area contributed by atoms with Crippen LogP contribution in [-0.2, 0) is 11.3 Å². The molecule has 2 heterocycles. The maximum Gasteiger partial charge on any atom is 0.227 e. The molecule has 1 aromatic carbocycles. The molecule has 1 aliphatic rings. The molecule has 2 aromatic rings. The van der Waals surface area contributed by atoms with Gasteiger partial charge in [-0.3, -0.25) is 4.79 Å². The SMILES string of the molecule is O=C1CCCN1Cc1cccc(Nc2ncccn2)c1. The van der Waals surface area contributed by atoms with Crippen molar-refractivity contribution in [2.45, 2.75) is 19.4 Å². The molecule has 102 valence electrons. The number of carbonyl (C=O) groups excluding carboxylic acids is 1. The lowest BCUT2D eigenvalue weighted by atomic mass is 10.2. The van der Waals surface area contributed by atoms with Crippen molar-refractivity contribution in [2.75, 3.05) is 11.9 Å². The molecule has 5 nitrogen and oxygen atoms in total. The number of likely N-dealkylation sites (tertiary alicyclic amines) is 1. The summed E-state index contributed by atoms with van der Waals surface area (Å²) < 4.78 is 0. The molecule has 0 bridgehead atoms. The predicted molar refractivity (Wildman–Crippen MR) is 76.4 cm³/mol. The largest absolute Gasteiger partial charge is 0.338 e. The molecule has 1 amide bonds. The molecule has 0 aliphatic carbocycles. The molecule has 0 radical (unpaired) electrons. The molecule has 1 saturated heterocycles. The number of nitrogens with zero attached hydrogens (tertiary/aromatic N) is 3. The molecule has 0 saturated carbocycles. The van der Waals surface area contributed by atoms with Crippen molar-refractivity contribution < 1.29 is 4.79 Å². The van der Waals surface area contributed by atoms with Gasteiger partial charge in [0.25, 0.3) is 0 Å². The van der Waals surface area contributed by atoms with Crippen LogP contribution in [0.4, 0.5) is 11.6 Å². The second kappa shape index (κ2) is 5.69.